The van der Waals surface area contributed by atoms with E-state index in [1.165, 1.54) is 30.0 Å². The zero-order valence-corrected chi connectivity index (χ0v) is 13.7. The number of rotatable bonds is 6. The van der Waals surface area contributed by atoms with Crippen LogP contribution in [-0.2, 0) is 16.4 Å². The molecule has 0 aliphatic carbocycles. The standard InChI is InChI=1S/C14H19N3O2S2/c1-17(2)21(18,19)12-3-4-13(15)14(9-12)16-7-5-11-6-8-20-10-11/h3-4,6,8-10,16H,5,7,15H2,1-2H3. The zero-order valence-electron chi connectivity index (χ0n) is 12.0. The van der Waals surface area contributed by atoms with E-state index in [1.807, 2.05) is 5.38 Å². The van der Waals surface area contributed by atoms with Crippen molar-refractivity contribution in [2.45, 2.75) is 11.3 Å². The predicted octanol–water partition coefficient (Wildman–Crippen LogP) is 2.24. The second-order valence-corrected chi connectivity index (χ2v) is 7.78. The summed E-state index contributed by atoms with van der Waals surface area (Å²) in [6, 6.07) is 6.79. The van der Waals surface area contributed by atoms with Crippen molar-refractivity contribution >= 4 is 32.7 Å². The van der Waals surface area contributed by atoms with Crippen molar-refractivity contribution in [3.05, 3.63) is 40.6 Å². The molecule has 21 heavy (non-hydrogen) atoms. The summed E-state index contributed by atoms with van der Waals surface area (Å²) in [6.07, 6.45) is 0.869. The molecule has 0 bridgehead atoms. The van der Waals surface area contributed by atoms with Gasteiger partial charge in [-0.05, 0) is 47.0 Å². The quantitative estimate of drug-likeness (QED) is 0.799. The van der Waals surface area contributed by atoms with Crippen molar-refractivity contribution in [1.82, 2.24) is 4.31 Å². The highest BCUT2D eigenvalue weighted by Crippen LogP contribution is 2.24. The molecule has 2 aromatic rings. The maximum atomic E-state index is 12.1. The van der Waals surface area contributed by atoms with Crippen LogP contribution in [0, 0.1) is 0 Å². The molecule has 0 aliphatic heterocycles. The van der Waals surface area contributed by atoms with E-state index >= 15 is 0 Å². The maximum absolute atomic E-state index is 12.1. The minimum Gasteiger partial charge on any atom is -0.397 e. The van der Waals surface area contributed by atoms with Gasteiger partial charge in [0.25, 0.3) is 0 Å². The Bertz CT molecular complexity index is 695. The maximum Gasteiger partial charge on any atom is 0.242 e. The smallest absolute Gasteiger partial charge is 0.242 e. The van der Waals surface area contributed by atoms with Gasteiger partial charge in [-0.2, -0.15) is 11.3 Å². The normalized spacial score (nSPS) is 11.8. The fraction of sp³-hybridized carbons (Fsp3) is 0.286. The molecule has 0 radical (unpaired) electrons. The number of hydrogen-bond acceptors (Lipinski definition) is 5. The van der Waals surface area contributed by atoms with Crippen LogP contribution in [0.4, 0.5) is 11.4 Å². The molecule has 114 valence electrons. The summed E-state index contributed by atoms with van der Waals surface area (Å²) in [7, 11) is -0.426. The van der Waals surface area contributed by atoms with E-state index in [1.54, 1.807) is 23.5 Å². The molecule has 7 heteroatoms. The largest absolute Gasteiger partial charge is 0.397 e. The fourth-order valence-corrected chi connectivity index (χ4v) is 3.47. The van der Waals surface area contributed by atoms with Crippen LogP contribution in [0.2, 0.25) is 0 Å². The van der Waals surface area contributed by atoms with Crippen LogP contribution in [0.15, 0.2) is 39.9 Å². The number of hydrogen-bond donors (Lipinski definition) is 2. The Morgan fingerprint density at radius 1 is 1.29 bits per heavy atom. The Labute approximate surface area is 129 Å². The predicted molar refractivity (Wildman–Crippen MR) is 88.2 cm³/mol. The van der Waals surface area contributed by atoms with Gasteiger partial charge in [0, 0.05) is 20.6 Å². The van der Waals surface area contributed by atoms with Gasteiger partial charge in [-0.25, -0.2) is 12.7 Å². The van der Waals surface area contributed by atoms with E-state index in [-0.39, 0.29) is 4.90 Å². The van der Waals surface area contributed by atoms with Crippen LogP contribution in [0.5, 0.6) is 0 Å². The van der Waals surface area contributed by atoms with Gasteiger partial charge in [0.1, 0.15) is 0 Å². The molecule has 3 N–H and O–H groups in total. The molecule has 0 fully saturated rings. The van der Waals surface area contributed by atoms with Crippen molar-refractivity contribution in [1.29, 1.82) is 0 Å². The Morgan fingerprint density at radius 2 is 2.05 bits per heavy atom. The van der Waals surface area contributed by atoms with E-state index in [0.717, 1.165) is 6.42 Å². The third kappa shape index (κ3) is 3.75. The minimum atomic E-state index is -3.44. The third-order valence-corrected chi connectivity index (χ3v) is 5.66. The van der Waals surface area contributed by atoms with E-state index in [9.17, 15) is 8.42 Å². The molecule has 0 saturated carbocycles. The fourth-order valence-electron chi connectivity index (χ4n) is 1.84. The molecular weight excluding hydrogens is 306 g/mol. The molecule has 2 rings (SSSR count). The first-order chi connectivity index (χ1) is 9.91. The highest BCUT2D eigenvalue weighted by molar-refractivity contribution is 7.89. The zero-order chi connectivity index (χ0) is 15.5. The number of anilines is 2. The SMILES string of the molecule is CN(C)S(=O)(=O)c1ccc(N)c(NCCc2ccsc2)c1. The molecule has 5 nitrogen and oxygen atoms in total. The second kappa shape index (κ2) is 6.46. The molecule has 1 aromatic heterocycles. The Morgan fingerprint density at radius 3 is 2.67 bits per heavy atom. The lowest BCUT2D eigenvalue weighted by Gasteiger charge is -2.14. The van der Waals surface area contributed by atoms with Gasteiger partial charge >= 0.3 is 0 Å². The van der Waals surface area contributed by atoms with E-state index in [4.69, 9.17) is 5.73 Å². The molecular formula is C14H19N3O2S2. The van der Waals surface area contributed by atoms with Crippen LogP contribution in [-0.4, -0.2) is 33.4 Å². The summed E-state index contributed by atoms with van der Waals surface area (Å²) in [4.78, 5) is 0.236. The number of sulfonamides is 1. The third-order valence-electron chi connectivity index (χ3n) is 3.11. The molecule has 0 atom stereocenters. The number of nitrogens with zero attached hydrogens (tertiary/aromatic N) is 1. The van der Waals surface area contributed by atoms with Crippen molar-refractivity contribution < 1.29 is 8.42 Å². The highest BCUT2D eigenvalue weighted by atomic mass is 32.2. The first kappa shape index (κ1) is 15.8. The lowest BCUT2D eigenvalue weighted by atomic mass is 10.2. The van der Waals surface area contributed by atoms with Crippen molar-refractivity contribution in [2.75, 3.05) is 31.7 Å². The second-order valence-electron chi connectivity index (χ2n) is 4.84. The summed E-state index contributed by atoms with van der Waals surface area (Å²) in [5.41, 5.74) is 8.34. The number of benzene rings is 1. The minimum absolute atomic E-state index is 0.236. The molecule has 1 aromatic carbocycles. The van der Waals surface area contributed by atoms with Crippen LogP contribution >= 0.6 is 11.3 Å². The summed E-state index contributed by atoms with van der Waals surface area (Å²) in [5, 5.41) is 7.33. The van der Waals surface area contributed by atoms with Crippen LogP contribution in [0.3, 0.4) is 0 Å². The number of nitrogens with two attached hydrogens (primary N) is 1. The van der Waals surface area contributed by atoms with E-state index in [2.05, 4.69) is 16.8 Å². The van der Waals surface area contributed by atoms with Gasteiger partial charge in [0.15, 0.2) is 0 Å². The topological polar surface area (TPSA) is 75.4 Å². The number of thiophene rings is 1. The van der Waals surface area contributed by atoms with Gasteiger partial charge in [-0.3, -0.25) is 0 Å². The van der Waals surface area contributed by atoms with Crippen molar-refractivity contribution in [3.8, 4) is 0 Å². The molecule has 0 unspecified atom stereocenters. The molecule has 0 spiro atoms. The lowest BCUT2D eigenvalue weighted by Crippen LogP contribution is -2.22. The Kier molecular flexibility index (Phi) is 4.87. The monoisotopic (exact) mass is 325 g/mol. The Hall–Kier alpha value is -1.57. The Balaban J connectivity index is 2.12. The van der Waals surface area contributed by atoms with Crippen LogP contribution in [0.25, 0.3) is 0 Å². The first-order valence-electron chi connectivity index (χ1n) is 6.48. The van der Waals surface area contributed by atoms with Gasteiger partial charge < -0.3 is 11.1 Å². The number of nitrogens with one attached hydrogen (secondary N) is 1. The molecule has 0 amide bonds. The van der Waals surface area contributed by atoms with E-state index < -0.39 is 10.0 Å². The summed E-state index contributed by atoms with van der Waals surface area (Å²) >= 11 is 1.66. The first-order valence-corrected chi connectivity index (χ1v) is 8.86. The average molecular weight is 325 g/mol. The summed E-state index contributed by atoms with van der Waals surface area (Å²) in [5.74, 6) is 0. The van der Waals surface area contributed by atoms with Gasteiger partial charge in [0.05, 0.1) is 16.3 Å². The van der Waals surface area contributed by atoms with Gasteiger partial charge in [-0.1, -0.05) is 0 Å². The summed E-state index contributed by atoms with van der Waals surface area (Å²) < 4.78 is 25.4. The van der Waals surface area contributed by atoms with Gasteiger partial charge in [0.2, 0.25) is 10.0 Å². The average Bonchev–Trinajstić information content (AvgIpc) is 2.93. The van der Waals surface area contributed by atoms with Crippen molar-refractivity contribution in [2.24, 2.45) is 0 Å². The lowest BCUT2D eigenvalue weighted by molar-refractivity contribution is 0.521. The summed E-state index contributed by atoms with van der Waals surface area (Å²) in [6.45, 7) is 0.701. The van der Waals surface area contributed by atoms with Crippen LogP contribution in [0.1, 0.15) is 5.56 Å². The van der Waals surface area contributed by atoms with Gasteiger partial charge in [-0.15, -0.1) is 0 Å². The van der Waals surface area contributed by atoms with Crippen molar-refractivity contribution in [3.63, 3.8) is 0 Å². The molecule has 1 heterocycles. The molecule has 0 saturated heterocycles. The highest BCUT2D eigenvalue weighted by Gasteiger charge is 2.18. The van der Waals surface area contributed by atoms with E-state index in [0.29, 0.717) is 17.9 Å². The number of nitrogen functional groups attached to an aromatic ring is 1. The van der Waals surface area contributed by atoms with Crippen LogP contribution < -0.4 is 11.1 Å². The molecule has 0 aliphatic rings.